The number of ether oxygens (including phenoxy) is 2. The van der Waals surface area contributed by atoms with Gasteiger partial charge in [0.25, 0.3) is 11.8 Å². The van der Waals surface area contributed by atoms with Crippen molar-refractivity contribution in [1.29, 1.82) is 0 Å². The highest BCUT2D eigenvalue weighted by Crippen LogP contribution is 2.29. The molecule has 2 saturated carbocycles. The van der Waals surface area contributed by atoms with E-state index in [1.165, 1.54) is 22.9 Å². The zero-order chi connectivity index (χ0) is 37.9. The fraction of sp³-hybridized carbons (Fsp3) is 0.415. The predicted octanol–water partition coefficient (Wildman–Crippen LogP) is 6.73. The van der Waals surface area contributed by atoms with Gasteiger partial charge in [0.15, 0.2) is 5.69 Å². The fourth-order valence-electron chi connectivity index (χ4n) is 7.02. The first-order chi connectivity index (χ1) is 26.1. The first kappa shape index (κ1) is 38.7. The summed E-state index contributed by atoms with van der Waals surface area (Å²) in [5.74, 6) is -1.53. The van der Waals surface area contributed by atoms with Crippen LogP contribution >= 0.6 is 0 Å². The van der Waals surface area contributed by atoms with Crippen molar-refractivity contribution in [3.8, 4) is 0 Å². The molecule has 3 N–H and O–H groups in total. The maximum absolute atomic E-state index is 13.9. The molecule has 2 fully saturated rings. The van der Waals surface area contributed by atoms with E-state index in [1.54, 1.807) is 0 Å². The molecule has 2 aliphatic carbocycles. The van der Waals surface area contributed by atoms with Crippen molar-refractivity contribution in [2.45, 2.75) is 108 Å². The van der Waals surface area contributed by atoms with Crippen LogP contribution in [-0.4, -0.2) is 51.8 Å². The van der Waals surface area contributed by atoms with Gasteiger partial charge in [-0.15, -0.1) is 0 Å². The highest BCUT2D eigenvalue weighted by Gasteiger charge is 2.32. The molecule has 0 unspecified atom stereocenters. The molecule has 286 valence electrons. The Balaban J connectivity index is 1.15. The number of aromatic nitrogens is 2. The summed E-state index contributed by atoms with van der Waals surface area (Å²) >= 11 is 0. The minimum absolute atomic E-state index is 0.0257. The Hall–Kier alpha value is -5.01. The largest absolute Gasteiger partial charge is 0.416 e. The number of carbonyl (C=O) groups is 3. The number of nitrogens with zero attached hydrogens (tertiary/aromatic N) is 2. The number of halogens is 3. The highest BCUT2D eigenvalue weighted by atomic mass is 19.4. The lowest BCUT2D eigenvalue weighted by atomic mass is 9.92. The van der Waals surface area contributed by atoms with Gasteiger partial charge < -0.3 is 25.4 Å². The molecule has 6 rings (SSSR count). The SMILES string of the molecule is O=C(Cn1nc(C(=O)NCc2ccc(C(F)(F)F)cc2)cc1C(=O)N[C@H]1CCCC[C@@H]1OCc1ccccc1)N[C@H]1CCCC[C@@H]1OCc1ccccc1. The molecule has 2 aliphatic rings. The molecular formula is C41H46F3N5O5. The molecule has 13 heteroatoms. The molecular weight excluding hydrogens is 699 g/mol. The van der Waals surface area contributed by atoms with E-state index < -0.39 is 23.6 Å². The number of rotatable bonds is 14. The van der Waals surface area contributed by atoms with E-state index in [2.05, 4.69) is 21.0 Å². The molecule has 4 atom stereocenters. The number of benzene rings is 3. The lowest BCUT2D eigenvalue weighted by Gasteiger charge is -2.32. The van der Waals surface area contributed by atoms with Crippen LogP contribution in [0.2, 0.25) is 0 Å². The third kappa shape index (κ3) is 10.8. The van der Waals surface area contributed by atoms with Crippen molar-refractivity contribution >= 4 is 17.7 Å². The van der Waals surface area contributed by atoms with Gasteiger partial charge in [0, 0.05) is 12.6 Å². The molecule has 0 bridgehead atoms. The average Bonchev–Trinajstić information content (AvgIpc) is 3.60. The third-order valence-corrected chi connectivity index (χ3v) is 9.95. The van der Waals surface area contributed by atoms with Crippen LogP contribution in [-0.2, 0) is 46.7 Å². The number of nitrogens with one attached hydrogen (secondary N) is 3. The van der Waals surface area contributed by atoms with Gasteiger partial charge in [-0.25, -0.2) is 4.68 Å². The monoisotopic (exact) mass is 745 g/mol. The number of hydrogen-bond acceptors (Lipinski definition) is 6. The molecule has 54 heavy (non-hydrogen) atoms. The van der Waals surface area contributed by atoms with Gasteiger partial charge in [-0.2, -0.15) is 18.3 Å². The third-order valence-electron chi connectivity index (χ3n) is 9.95. The summed E-state index contributed by atoms with van der Waals surface area (Å²) in [6, 6.07) is 24.9. The quantitative estimate of drug-likeness (QED) is 0.132. The Morgan fingerprint density at radius 3 is 1.78 bits per heavy atom. The molecule has 0 aliphatic heterocycles. The topological polar surface area (TPSA) is 124 Å². The Bertz CT molecular complexity index is 1840. The Morgan fingerprint density at radius 1 is 0.685 bits per heavy atom. The normalized spacial score (nSPS) is 20.2. The van der Waals surface area contributed by atoms with Crippen molar-refractivity contribution in [1.82, 2.24) is 25.7 Å². The van der Waals surface area contributed by atoms with Crippen molar-refractivity contribution in [2.75, 3.05) is 0 Å². The smallest absolute Gasteiger partial charge is 0.371 e. The van der Waals surface area contributed by atoms with Crippen molar-refractivity contribution in [3.63, 3.8) is 0 Å². The second-order valence-corrected chi connectivity index (χ2v) is 13.9. The predicted molar refractivity (Wildman–Crippen MR) is 195 cm³/mol. The van der Waals surface area contributed by atoms with Crippen molar-refractivity contribution < 1.29 is 37.0 Å². The number of hydrogen-bond donors (Lipinski definition) is 3. The first-order valence-electron chi connectivity index (χ1n) is 18.6. The second-order valence-electron chi connectivity index (χ2n) is 13.9. The van der Waals surface area contributed by atoms with E-state index in [0.717, 1.165) is 68.2 Å². The molecule has 0 spiro atoms. The van der Waals surface area contributed by atoms with Gasteiger partial charge in [-0.05, 0) is 54.5 Å². The Morgan fingerprint density at radius 2 is 1.22 bits per heavy atom. The van der Waals surface area contributed by atoms with E-state index in [0.29, 0.717) is 25.2 Å². The molecule has 3 aromatic carbocycles. The standard InChI is InChI=1S/C41H46F3N5O5/c42-41(43,44)31-21-19-28(20-22-31)24-45-39(51)34-23-35(40(52)47-33-16-8-10-18-37(33)54-27-30-13-5-2-6-14-30)49(48-34)25-38(50)46-32-15-7-9-17-36(32)53-26-29-11-3-1-4-12-29/h1-6,11-14,19-23,32-33,36-37H,7-10,15-18,24-27H2,(H,45,51)(H,46,50)(H,47,52)/t32-,33-,36-,37-/m0/s1. The summed E-state index contributed by atoms with van der Waals surface area (Å²) in [7, 11) is 0. The molecule has 0 saturated heterocycles. The van der Waals surface area contributed by atoms with Gasteiger partial charge in [0.2, 0.25) is 5.91 Å². The van der Waals surface area contributed by atoms with E-state index in [4.69, 9.17) is 9.47 Å². The van der Waals surface area contributed by atoms with E-state index in [9.17, 15) is 27.6 Å². The van der Waals surface area contributed by atoms with Crippen LogP contribution in [0, 0.1) is 0 Å². The van der Waals surface area contributed by atoms with Crippen molar-refractivity contribution in [3.05, 3.63) is 125 Å². The van der Waals surface area contributed by atoms with Crippen molar-refractivity contribution in [2.24, 2.45) is 0 Å². The second kappa shape index (κ2) is 18.4. The summed E-state index contributed by atoms with van der Waals surface area (Å²) in [5, 5.41) is 13.2. The van der Waals surface area contributed by atoms with Crippen LogP contribution in [0.1, 0.15) is 94.6 Å². The zero-order valence-corrected chi connectivity index (χ0v) is 30.0. The number of amides is 3. The van der Waals surface area contributed by atoms with Gasteiger partial charge in [-0.1, -0.05) is 98.5 Å². The molecule has 10 nitrogen and oxygen atoms in total. The summed E-state index contributed by atoms with van der Waals surface area (Å²) in [4.78, 5) is 40.8. The van der Waals surface area contributed by atoms with E-state index in [1.807, 2.05) is 60.7 Å². The summed E-state index contributed by atoms with van der Waals surface area (Å²) < 4.78 is 52.8. The van der Waals surface area contributed by atoms with Gasteiger partial charge in [-0.3, -0.25) is 14.4 Å². The minimum Gasteiger partial charge on any atom is -0.371 e. The molecule has 0 radical (unpaired) electrons. The lowest BCUT2D eigenvalue weighted by Crippen LogP contribution is -2.48. The number of carbonyl (C=O) groups excluding carboxylic acids is 3. The first-order valence-corrected chi connectivity index (χ1v) is 18.6. The highest BCUT2D eigenvalue weighted by molar-refractivity contribution is 5.98. The van der Waals surface area contributed by atoms with E-state index >= 15 is 0 Å². The van der Waals surface area contributed by atoms with Crippen LogP contribution < -0.4 is 16.0 Å². The molecule has 3 amide bonds. The van der Waals surface area contributed by atoms with Gasteiger partial charge >= 0.3 is 6.18 Å². The summed E-state index contributed by atoms with van der Waals surface area (Å²) in [6.07, 6.45) is 1.90. The van der Waals surface area contributed by atoms with Gasteiger partial charge in [0.05, 0.1) is 43.1 Å². The van der Waals surface area contributed by atoms with Crippen LogP contribution in [0.5, 0.6) is 0 Å². The maximum Gasteiger partial charge on any atom is 0.416 e. The molecule has 1 heterocycles. The van der Waals surface area contributed by atoms with Crippen LogP contribution in [0.3, 0.4) is 0 Å². The van der Waals surface area contributed by atoms with Gasteiger partial charge in [0.1, 0.15) is 12.2 Å². The molecule has 1 aromatic heterocycles. The zero-order valence-electron chi connectivity index (χ0n) is 30.0. The van der Waals surface area contributed by atoms with Crippen LogP contribution in [0.25, 0.3) is 0 Å². The number of alkyl halides is 3. The average molecular weight is 746 g/mol. The fourth-order valence-corrected chi connectivity index (χ4v) is 7.02. The summed E-state index contributed by atoms with van der Waals surface area (Å²) in [5.41, 5.74) is 1.63. The lowest BCUT2D eigenvalue weighted by molar-refractivity contribution is -0.137. The van der Waals surface area contributed by atoms with Crippen LogP contribution in [0.15, 0.2) is 91.0 Å². The maximum atomic E-state index is 13.9. The Kier molecular flexibility index (Phi) is 13.2. The Labute approximate surface area is 312 Å². The van der Waals surface area contributed by atoms with E-state index in [-0.39, 0.29) is 54.7 Å². The van der Waals surface area contributed by atoms with Crippen LogP contribution in [0.4, 0.5) is 13.2 Å². The minimum atomic E-state index is -4.48. The summed E-state index contributed by atoms with van der Waals surface area (Å²) in [6.45, 7) is 0.426. The molecule has 4 aromatic rings.